The van der Waals surface area contributed by atoms with Crippen molar-refractivity contribution in [3.05, 3.63) is 59.7 Å². The lowest BCUT2D eigenvalue weighted by Crippen LogP contribution is -2.37. The Balaban J connectivity index is 1.97. The van der Waals surface area contributed by atoms with E-state index in [4.69, 9.17) is 0 Å². The second-order valence-electron chi connectivity index (χ2n) is 9.40. The van der Waals surface area contributed by atoms with Gasteiger partial charge in [0.25, 0.3) is 0 Å². The smallest absolute Gasteiger partial charge is 0.314 e. The van der Waals surface area contributed by atoms with Gasteiger partial charge in [-0.25, -0.2) is 0 Å². The van der Waals surface area contributed by atoms with E-state index in [1.807, 2.05) is 12.2 Å². The topological polar surface area (TPSA) is 37.3 Å². The Morgan fingerprint density at radius 3 is 2.34 bits per heavy atom. The Morgan fingerprint density at radius 1 is 1.10 bits per heavy atom. The number of carbonyl (C=O) groups is 1. The molecule has 2 heteroatoms. The van der Waals surface area contributed by atoms with Gasteiger partial charge in [0.1, 0.15) is 0 Å². The first-order valence-electron chi connectivity index (χ1n) is 11.7. The summed E-state index contributed by atoms with van der Waals surface area (Å²) in [6, 6.07) is 8.90. The van der Waals surface area contributed by atoms with Gasteiger partial charge >= 0.3 is 5.97 Å². The standard InChI is InChI=1S/C27H38O2/c1-4-8-21-11-13-24(14-12-21)27(17-15-22(16-18-27)26(28)29)25-10-7-6-9-23(25)19-20(3)5-2/h6-7,9-10,15-18,20-22,24H,4-5,8,11-14,19H2,1-3H3,(H,28,29). The Kier molecular flexibility index (Phi) is 7.38. The van der Waals surface area contributed by atoms with Crippen molar-refractivity contribution in [1.82, 2.24) is 0 Å². The largest absolute Gasteiger partial charge is 0.481 e. The van der Waals surface area contributed by atoms with Gasteiger partial charge in [-0.1, -0.05) is 101 Å². The molecule has 0 amide bonds. The average molecular weight is 395 g/mol. The van der Waals surface area contributed by atoms with Crippen LogP contribution in [-0.2, 0) is 16.6 Å². The van der Waals surface area contributed by atoms with Gasteiger partial charge in [0, 0.05) is 5.41 Å². The number of allylic oxidation sites excluding steroid dienone is 2. The third kappa shape index (κ3) is 4.85. The molecule has 1 aromatic rings. The van der Waals surface area contributed by atoms with E-state index < -0.39 is 11.9 Å². The van der Waals surface area contributed by atoms with E-state index in [2.05, 4.69) is 57.2 Å². The highest BCUT2D eigenvalue weighted by Gasteiger charge is 2.41. The lowest BCUT2D eigenvalue weighted by atomic mass is 9.60. The first-order valence-corrected chi connectivity index (χ1v) is 11.7. The molecule has 1 unspecified atom stereocenters. The van der Waals surface area contributed by atoms with E-state index >= 15 is 0 Å². The maximum atomic E-state index is 11.5. The normalized spacial score (nSPS) is 30.2. The Hall–Kier alpha value is -1.83. The number of hydrogen-bond donors (Lipinski definition) is 1. The number of aliphatic carboxylic acids is 1. The van der Waals surface area contributed by atoms with Gasteiger partial charge in [0.15, 0.2) is 0 Å². The number of rotatable bonds is 8. The van der Waals surface area contributed by atoms with Crippen molar-refractivity contribution in [1.29, 1.82) is 0 Å². The molecule has 2 aliphatic rings. The molecule has 0 aromatic heterocycles. The van der Waals surface area contributed by atoms with Crippen molar-refractivity contribution >= 4 is 5.97 Å². The van der Waals surface area contributed by atoms with Crippen LogP contribution in [0.15, 0.2) is 48.6 Å². The quantitative estimate of drug-likeness (QED) is 0.485. The summed E-state index contributed by atoms with van der Waals surface area (Å²) in [5.74, 6) is 0.812. The molecule has 1 N–H and O–H groups in total. The number of hydrogen-bond acceptors (Lipinski definition) is 1. The number of carboxylic acid groups (broad SMARTS) is 1. The van der Waals surface area contributed by atoms with E-state index in [1.165, 1.54) is 56.1 Å². The van der Waals surface area contributed by atoms with Gasteiger partial charge in [0.2, 0.25) is 0 Å². The zero-order valence-electron chi connectivity index (χ0n) is 18.4. The molecule has 158 valence electrons. The SMILES string of the molecule is CCCC1CCC(C2(c3ccccc3CC(C)CC)C=CC(C(=O)O)C=C2)CC1. The Bertz CT molecular complexity index is 723. The van der Waals surface area contributed by atoms with Gasteiger partial charge in [-0.2, -0.15) is 0 Å². The van der Waals surface area contributed by atoms with Crippen LogP contribution in [0.5, 0.6) is 0 Å². The first kappa shape index (κ1) is 21.9. The van der Waals surface area contributed by atoms with Crippen LogP contribution in [0.4, 0.5) is 0 Å². The predicted molar refractivity (Wildman–Crippen MR) is 121 cm³/mol. The van der Waals surface area contributed by atoms with Gasteiger partial charge in [-0.3, -0.25) is 4.79 Å². The molecule has 1 atom stereocenters. The first-order chi connectivity index (χ1) is 14.0. The molecular formula is C27H38O2. The van der Waals surface area contributed by atoms with Gasteiger partial charge < -0.3 is 5.11 Å². The molecule has 2 aliphatic carbocycles. The van der Waals surface area contributed by atoms with Gasteiger partial charge in [0.05, 0.1) is 5.92 Å². The molecule has 3 rings (SSSR count). The highest BCUT2D eigenvalue weighted by atomic mass is 16.4. The lowest BCUT2D eigenvalue weighted by Gasteiger charge is -2.43. The van der Waals surface area contributed by atoms with Crippen LogP contribution < -0.4 is 0 Å². The van der Waals surface area contributed by atoms with E-state index in [-0.39, 0.29) is 5.41 Å². The predicted octanol–water partition coefficient (Wildman–Crippen LogP) is 6.95. The van der Waals surface area contributed by atoms with Crippen molar-refractivity contribution in [3.8, 4) is 0 Å². The third-order valence-corrected chi connectivity index (χ3v) is 7.41. The molecule has 1 saturated carbocycles. The molecule has 2 nitrogen and oxygen atoms in total. The Morgan fingerprint density at radius 2 is 1.76 bits per heavy atom. The monoisotopic (exact) mass is 394 g/mol. The maximum Gasteiger partial charge on any atom is 0.314 e. The average Bonchev–Trinajstić information content (AvgIpc) is 2.75. The molecule has 0 bridgehead atoms. The molecule has 1 aromatic carbocycles. The minimum absolute atomic E-state index is 0.160. The minimum Gasteiger partial charge on any atom is -0.481 e. The van der Waals surface area contributed by atoms with Crippen molar-refractivity contribution in [2.24, 2.45) is 23.7 Å². The van der Waals surface area contributed by atoms with Crippen molar-refractivity contribution < 1.29 is 9.90 Å². The molecular weight excluding hydrogens is 356 g/mol. The molecule has 0 spiro atoms. The summed E-state index contributed by atoms with van der Waals surface area (Å²) >= 11 is 0. The maximum absolute atomic E-state index is 11.5. The van der Waals surface area contributed by atoms with Gasteiger partial charge in [-0.15, -0.1) is 0 Å². The van der Waals surface area contributed by atoms with E-state index in [1.54, 1.807) is 0 Å². The van der Waals surface area contributed by atoms with Crippen molar-refractivity contribution in [3.63, 3.8) is 0 Å². The molecule has 0 saturated heterocycles. The van der Waals surface area contributed by atoms with E-state index in [0.29, 0.717) is 11.8 Å². The fourth-order valence-corrected chi connectivity index (χ4v) is 5.46. The van der Waals surface area contributed by atoms with Crippen LogP contribution in [0.3, 0.4) is 0 Å². The number of carboxylic acids is 1. The summed E-state index contributed by atoms with van der Waals surface area (Å²) < 4.78 is 0. The summed E-state index contributed by atoms with van der Waals surface area (Å²) in [6.45, 7) is 6.87. The summed E-state index contributed by atoms with van der Waals surface area (Å²) in [5.41, 5.74) is 2.67. The van der Waals surface area contributed by atoms with Crippen molar-refractivity contribution in [2.75, 3.05) is 0 Å². The zero-order valence-corrected chi connectivity index (χ0v) is 18.4. The highest BCUT2D eigenvalue weighted by Crippen LogP contribution is 2.48. The fraction of sp³-hybridized carbons (Fsp3) is 0.593. The fourth-order valence-electron chi connectivity index (χ4n) is 5.46. The molecule has 0 aliphatic heterocycles. The summed E-state index contributed by atoms with van der Waals surface area (Å²) in [7, 11) is 0. The van der Waals surface area contributed by atoms with Gasteiger partial charge in [-0.05, 0) is 48.1 Å². The molecule has 0 radical (unpaired) electrons. The van der Waals surface area contributed by atoms with Crippen LogP contribution >= 0.6 is 0 Å². The third-order valence-electron chi connectivity index (χ3n) is 7.41. The minimum atomic E-state index is -0.759. The summed E-state index contributed by atoms with van der Waals surface area (Å²) in [5, 5.41) is 9.49. The van der Waals surface area contributed by atoms with Crippen LogP contribution in [0.25, 0.3) is 0 Å². The van der Waals surface area contributed by atoms with Crippen LogP contribution in [0.1, 0.15) is 76.8 Å². The second-order valence-corrected chi connectivity index (χ2v) is 9.40. The lowest BCUT2D eigenvalue weighted by molar-refractivity contribution is -0.138. The summed E-state index contributed by atoms with van der Waals surface area (Å²) in [6.07, 6.45) is 18.3. The van der Waals surface area contributed by atoms with Crippen LogP contribution in [0, 0.1) is 23.7 Å². The second kappa shape index (κ2) is 9.78. The van der Waals surface area contributed by atoms with E-state index in [9.17, 15) is 9.90 Å². The Labute approximate surface area is 177 Å². The van der Waals surface area contributed by atoms with Crippen LogP contribution in [-0.4, -0.2) is 11.1 Å². The highest BCUT2D eigenvalue weighted by molar-refractivity contribution is 5.75. The zero-order chi connectivity index (χ0) is 20.9. The van der Waals surface area contributed by atoms with Crippen LogP contribution in [0.2, 0.25) is 0 Å². The van der Waals surface area contributed by atoms with E-state index in [0.717, 1.165) is 12.3 Å². The summed E-state index contributed by atoms with van der Waals surface area (Å²) in [4.78, 5) is 11.5. The molecule has 1 fully saturated rings. The molecule has 0 heterocycles. The van der Waals surface area contributed by atoms with Crippen molar-refractivity contribution in [2.45, 2.75) is 77.6 Å². The molecule has 29 heavy (non-hydrogen) atoms. The number of benzene rings is 1.